The van der Waals surface area contributed by atoms with Gasteiger partial charge in [-0.3, -0.25) is 14.4 Å². The summed E-state index contributed by atoms with van der Waals surface area (Å²) in [6, 6.07) is 1.76. The van der Waals surface area contributed by atoms with Crippen LogP contribution in [0.4, 0.5) is 0 Å². The van der Waals surface area contributed by atoms with Gasteiger partial charge < -0.3 is 29.7 Å². The Kier molecular flexibility index (Phi) is 5.07. The number of hydrogen-bond donors (Lipinski definition) is 3. The van der Waals surface area contributed by atoms with Crippen LogP contribution >= 0.6 is 0 Å². The van der Waals surface area contributed by atoms with Crippen molar-refractivity contribution in [2.45, 2.75) is 95.4 Å². The van der Waals surface area contributed by atoms with E-state index in [1.54, 1.807) is 26.0 Å². The molecule has 0 unspecified atom stereocenters. The molecule has 3 aliphatic carbocycles. The van der Waals surface area contributed by atoms with Crippen molar-refractivity contribution >= 4 is 17.7 Å². The van der Waals surface area contributed by atoms with Crippen molar-refractivity contribution < 1.29 is 38.8 Å². The quantitative estimate of drug-likeness (QED) is 0.378. The fourth-order valence-corrected chi connectivity index (χ4v) is 9.43. The number of rotatable bonds is 2. The Labute approximate surface area is 233 Å². The summed E-state index contributed by atoms with van der Waals surface area (Å²) in [7, 11) is 1.53. The molecule has 0 aromatic heterocycles. The molecule has 40 heavy (non-hydrogen) atoms. The Morgan fingerprint density at radius 3 is 2.52 bits per heavy atom. The van der Waals surface area contributed by atoms with E-state index in [4.69, 9.17) is 14.2 Å². The van der Waals surface area contributed by atoms with E-state index in [0.29, 0.717) is 47.3 Å². The molecule has 0 radical (unpaired) electrons. The van der Waals surface area contributed by atoms with Crippen LogP contribution in [0, 0.1) is 29.6 Å². The van der Waals surface area contributed by atoms with Gasteiger partial charge in [-0.25, -0.2) is 0 Å². The molecule has 3 aliphatic heterocycles. The van der Waals surface area contributed by atoms with Crippen LogP contribution in [0.2, 0.25) is 0 Å². The predicted octanol–water partition coefficient (Wildman–Crippen LogP) is 2.91. The van der Waals surface area contributed by atoms with Crippen LogP contribution in [0.3, 0.4) is 0 Å². The largest absolute Gasteiger partial charge is 0.496 e. The number of benzene rings is 1. The summed E-state index contributed by atoms with van der Waals surface area (Å²) in [5.74, 6) is -3.35. The molecule has 6 aliphatic rings. The third kappa shape index (κ3) is 2.55. The number of carbonyl (C=O) groups is 3. The normalized spacial score (nSPS) is 44.7. The van der Waals surface area contributed by atoms with E-state index >= 15 is 0 Å². The molecule has 3 spiro atoms. The molecule has 1 aromatic rings. The second-order valence-corrected chi connectivity index (χ2v) is 13.0. The third-order valence-corrected chi connectivity index (χ3v) is 11.3. The molecule has 3 bridgehead atoms. The van der Waals surface area contributed by atoms with Crippen LogP contribution in [0.15, 0.2) is 18.2 Å². The molecule has 1 aromatic carbocycles. The third-order valence-electron chi connectivity index (χ3n) is 11.3. The second kappa shape index (κ2) is 7.75. The van der Waals surface area contributed by atoms with Gasteiger partial charge in [0.15, 0.2) is 11.6 Å². The van der Waals surface area contributed by atoms with Gasteiger partial charge in [-0.1, -0.05) is 19.1 Å². The molecule has 1 amide bonds. The van der Waals surface area contributed by atoms with Gasteiger partial charge >= 0.3 is 5.97 Å². The summed E-state index contributed by atoms with van der Waals surface area (Å²) in [6.07, 6.45) is 4.15. The number of ether oxygens (including phenoxy) is 3. The standard InChI is InChI=1S/C31H37NO8/c1-6-17-7-8-19(33)16(3)39-26(36)27(4)20-14-21(34)32-30(20)25(35)18-13-15(2)24(38-5)23-22(18)31(27,28(30)11-12-28)40-29(23,37)10-9-17/h7-8,13,16-17,19-20,33,37H,6,9-12,14H2,1-5H3,(H,32,34)/b8-7+/t16-,17+,19-,20+,27+,29+,30-,31-/m0/s1. The number of aliphatic hydroxyl groups is 2. The van der Waals surface area contributed by atoms with Crippen molar-refractivity contribution in [3.8, 4) is 5.75 Å². The van der Waals surface area contributed by atoms with Crippen molar-refractivity contribution in [1.82, 2.24) is 5.32 Å². The smallest absolute Gasteiger partial charge is 0.315 e. The van der Waals surface area contributed by atoms with E-state index in [-0.39, 0.29) is 30.4 Å². The van der Waals surface area contributed by atoms with Crippen molar-refractivity contribution in [3.63, 3.8) is 0 Å². The van der Waals surface area contributed by atoms with Crippen LogP contribution in [-0.4, -0.2) is 52.7 Å². The number of amides is 1. The number of methoxy groups -OCH3 is 1. The SMILES string of the molecule is CC[C@@H]1/C=C/[C@H](O)[C@H](C)OC(=O)[C@@]2(C)[C@H]3CC(=O)N[C@]34C(=O)c3cc(C)c(OC)c5c3[C@@]2(O[C@]5(O)CC1)C41CC1. The number of carbonyl (C=O) groups excluding carboxylic acids is 3. The van der Waals surface area contributed by atoms with Crippen LogP contribution in [0.1, 0.15) is 86.3 Å². The minimum Gasteiger partial charge on any atom is -0.496 e. The first-order valence-corrected chi connectivity index (χ1v) is 14.5. The van der Waals surface area contributed by atoms with Crippen molar-refractivity contribution in [3.05, 3.63) is 40.5 Å². The predicted molar refractivity (Wildman–Crippen MR) is 141 cm³/mol. The van der Waals surface area contributed by atoms with Gasteiger partial charge in [0, 0.05) is 35.3 Å². The number of aryl methyl sites for hydroxylation is 1. The highest BCUT2D eigenvalue weighted by molar-refractivity contribution is 6.14. The maximum atomic E-state index is 14.7. The van der Waals surface area contributed by atoms with E-state index in [2.05, 4.69) is 5.32 Å². The summed E-state index contributed by atoms with van der Waals surface area (Å²) in [4.78, 5) is 42.4. The molecule has 3 heterocycles. The maximum absolute atomic E-state index is 14.7. The number of nitrogens with one attached hydrogen (secondary N) is 1. The Balaban J connectivity index is 1.59. The Bertz CT molecular complexity index is 1410. The fraction of sp³-hybridized carbons (Fsp3) is 0.645. The first-order chi connectivity index (χ1) is 18.9. The number of hydrogen-bond acceptors (Lipinski definition) is 8. The van der Waals surface area contributed by atoms with Gasteiger partial charge in [-0.15, -0.1) is 0 Å². The van der Waals surface area contributed by atoms with E-state index in [1.165, 1.54) is 7.11 Å². The van der Waals surface area contributed by atoms with Gasteiger partial charge in [-0.2, -0.15) is 0 Å². The summed E-state index contributed by atoms with van der Waals surface area (Å²) < 4.78 is 19.0. The topological polar surface area (TPSA) is 131 Å². The number of esters is 1. The number of Topliss-reactive ketones (excluding diaryl/α,β-unsaturated/α-hetero) is 1. The van der Waals surface area contributed by atoms with Gasteiger partial charge in [0.2, 0.25) is 5.91 Å². The first-order valence-electron chi connectivity index (χ1n) is 14.5. The molecule has 9 nitrogen and oxygen atoms in total. The minimum atomic E-state index is -1.85. The van der Waals surface area contributed by atoms with Crippen LogP contribution < -0.4 is 10.1 Å². The van der Waals surface area contributed by atoms with Crippen LogP contribution in [0.5, 0.6) is 5.75 Å². The molecular weight excluding hydrogens is 514 g/mol. The Morgan fingerprint density at radius 1 is 1.15 bits per heavy atom. The lowest BCUT2D eigenvalue weighted by molar-refractivity contribution is -0.304. The lowest BCUT2D eigenvalue weighted by Crippen LogP contribution is -2.63. The van der Waals surface area contributed by atoms with Crippen molar-refractivity contribution in [2.75, 3.05) is 7.11 Å². The van der Waals surface area contributed by atoms with Crippen molar-refractivity contribution in [2.24, 2.45) is 22.7 Å². The van der Waals surface area contributed by atoms with Gasteiger partial charge in [0.25, 0.3) is 0 Å². The number of aliphatic hydroxyl groups excluding tert-OH is 1. The summed E-state index contributed by atoms with van der Waals surface area (Å²) in [5.41, 5.74) is -3.33. The summed E-state index contributed by atoms with van der Waals surface area (Å²) in [6.45, 7) is 7.23. The highest BCUT2D eigenvalue weighted by atomic mass is 16.7. The molecule has 2 saturated carbocycles. The molecule has 1 saturated heterocycles. The number of ketones is 1. The molecule has 3 N–H and O–H groups in total. The zero-order chi connectivity index (χ0) is 28.6. The zero-order valence-corrected chi connectivity index (χ0v) is 23.6. The highest BCUT2D eigenvalue weighted by Gasteiger charge is 2.95. The lowest BCUT2D eigenvalue weighted by Gasteiger charge is -2.49. The van der Waals surface area contributed by atoms with Gasteiger partial charge in [-0.05, 0) is 64.0 Å². The van der Waals surface area contributed by atoms with Crippen molar-refractivity contribution in [1.29, 1.82) is 0 Å². The summed E-state index contributed by atoms with van der Waals surface area (Å²) >= 11 is 0. The summed E-state index contributed by atoms with van der Waals surface area (Å²) in [5, 5.41) is 26.6. The molecule has 8 atom stereocenters. The first kappa shape index (κ1) is 26.2. The Morgan fingerprint density at radius 2 is 1.88 bits per heavy atom. The number of allylic oxidation sites excluding steroid dienone is 1. The zero-order valence-electron chi connectivity index (χ0n) is 23.6. The molecule has 7 rings (SSSR count). The van der Waals surface area contributed by atoms with Gasteiger partial charge in [0.05, 0.1) is 12.7 Å². The van der Waals surface area contributed by atoms with Gasteiger partial charge in [0.1, 0.15) is 34.5 Å². The minimum absolute atomic E-state index is 0.0165. The highest BCUT2D eigenvalue weighted by Crippen LogP contribution is 2.87. The van der Waals surface area contributed by atoms with E-state index in [9.17, 15) is 24.6 Å². The van der Waals surface area contributed by atoms with E-state index in [0.717, 1.165) is 6.42 Å². The van der Waals surface area contributed by atoms with Crippen LogP contribution in [-0.2, 0) is 30.5 Å². The van der Waals surface area contributed by atoms with Crippen LogP contribution in [0.25, 0.3) is 0 Å². The molecular formula is C31H37NO8. The Hall–Kier alpha value is -2.75. The number of cyclic esters (lactones) is 1. The molecule has 3 fully saturated rings. The average Bonchev–Trinajstić information content (AvgIpc) is 3.56. The molecule has 214 valence electrons. The molecule has 9 heteroatoms. The average molecular weight is 552 g/mol. The van der Waals surface area contributed by atoms with E-state index < -0.39 is 51.9 Å². The fourth-order valence-electron chi connectivity index (χ4n) is 9.43. The maximum Gasteiger partial charge on any atom is 0.315 e. The van der Waals surface area contributed by atoms with E-state index in [1.807, 2.05) is 19.9 Å². The number of fused-ring (bicyclic) bond motifs is 3. The lowest BCUT2D eigenvalue weighted by atomic mass is 9.60. The monoisotopic (exact) mass is 551 g/mol. The second-order valence-electron chi connectivity index (χ2n) is 13.0.